The smallest absolute Gasteiger partial charge is 0.407 e. The highest BCUT2D eigenvalue weighted by molar-refractivity contribution is 8.76. The molecule has 4 fully saturated rings. The summed E-state index contributed by atoms with van der Waals surface area (Å²) >= 11 is 0. The van der Waals surface area contributed by atoms with Crippen LogP contribution in [0, 0.1) is 23.2 Å². The number of Topliss-reactive ketones (excluding diaryl/α,β-unsaturated/α-hetero) is 2. The van der Waals surface area contributed by atoms with Crippen LogP contribution >= 0.6 is 21.6 Å². The molecular formula is C88H159N7O31S2. The highest BCUT2D eigenvalue weighted by atomic mass is 33.1. The van der Waals surface area contributed by atoms with Gasteiger partial charge in [-0.15, -0.1) is 0 Å². The molecule has 17 atom stereocenters. The fraction of sp³-hybridized carbons (Fsp3) is 0.898. The van der Waals surface area contributed by atoms with Crippen LogP contribution in [-0.2, 0) is 90.3 Å². The summed E-state index contributed by atoms with van der Waals surface area (Å²) in [5, 5.41) is 107. The van der Waals surface area contributed by atoms with E-state index in [1.807, 2.05) is 4.90 Å². The summed E-state index contributed by atoms with van der Waals surface area (Å²) in [6.07, 6.45) is 3.19. The number of aliphatic hydroxyl groups is 9. The average molecular weight is 1880 g/mol. The zero-order chi connectivity index (χ0) is 93.5. The number of carbonyl (C=O) groups excluding carboxylic acids is 9. The zero-order valence-electron chi connectivity index (χ0n) is 76.7. The number of nitrogens with one attached hydrogen (secondary N) is 6. The molecule has 4 heterocycles. The topological polar surface area (TPSA) is 531 Å². The Hall–Kier alpha value is -5.03. The van der Waals surface area contributed by atoms with Crippen LogP contribution in [0.4, 0.5) is 14.4 Å². The predicted molar refractivity (Wildman–Crippen MR) is 475 cm³/mol. The van der Waals surface area contributed by atoms with Gasteiger partial charge in [0.2, 0.25) is 23.6 Å². The first-order valence-electron chi connectivity index (χ1n) is 46.8. The van der Waals surface area contributed by atoms with Crippen molar-refractivity contribution in [2.45, 2.75) is 319 Å². The molecule has 0 aromatic carbocycles. The van der Waals surface area contributed by atoms with Gasteiger partial charge in [0.05, 0.1) is 123 Å². The van der Waals surface area contributed by atoms with Crippen LogP contribution in [-0.4, -0.2) is 354 Å². The van der Waals surface area contributed by atoms with E-state index in [1.54, 1.807) is 56.6 Å². The molecule has 15 N–H and O–H groups in total. The number of nitrogens with zero attached hydrogens (tertiary/aromatic N) is 1. The minimum Gasteiger partial charge on any atom is -0.450 e. The standard InChI is InChI=1S/C88H159N7O31S2/c1-62-76(105)79(108)69(58-96)124-82(62)118-43-20-29-72(101)89-37-14-6-9-17-40-92-85(111)121-46-24-34-88(35-25-47-122-86(112)93-41-18-10-7-15-38-90-73(102)30-21-44-119-83-63(2)77(106)80(109)70(59-97)125-83,36-26-48-123-87(113)94-42-19-11-8-16-39-91-74(103)31-22-45-120-84-64(3)78(107)81(110)71(60-98)126-84)56-67(100)33-49-116-50-51-117-52-54-128-127-53-23-28-66(99)27-12-13-32-75(104)95-57-68(115-5)55-65(95)61-114-4/h62-65,68-71,76-84,96-98,105-110H,6-61H2,1-5H3,(H,89,101)(H,90,102)(H,91,103)(H,92,111)(H,93,112)(H,94,113)/t62?,63?,64?,65-,68+,69?,70?,71?,76?,77?,78?,79?,80?,81?,82?,83?,84?,88?/m1/s1. The molecule has 4 aliphatic heterocycles. The molecular weight excluding hydrogens is 1720 g/mol. The molecule has 0 aromatic rings. The van der Waals surface area contributed by atoms with Gasteiger partial charge in [0.1, 0.15) is 48.2 Å². The lowest BCUT2D eigenvalue weighted by Crippen LogP contribution is -2.55. The minimum absolute atomic E-state index is 0.00690. The number of likely N-dealkylation sites (tertiary alicyclic amines) is 1. The molecule has 0 spiro atoms. The van der Waals surface area contributed by atoms with Crippen LogP contribution in [0.5, 0.6) is 0 Å². The van der Waals surface area contributed by atoms with E-state index in [9.17, 15) is 89.1 Å². The van der Waals surface area contributed by atoms with E-state index in [1.165, 1.54) is 0 Å². The summed E-state index contributed by atoms with van der Waals surface area (Å²) in [6.45, 7) is 8.92. The number of carbonyl (C=O) groups is 9. The van der Waals surface area contributed by atoms with Crippen LogP contribution in [0.1, 0.15) is 233 Å². The lowest BCUT2D eigenvalue weighted by molar-refractivity contribution is -0.282. The van der Waals surface area contributed by atoms with Gasteiger partial charge in [-0.25, -0.2) is 14.4 Å². The van der Waals surface area contributed by atoms with Crippen molar-refractivity contribution in [2.75, 3.05) is 164 Å². The van der Waals surface area contributed by atoms with E-state index in [0.29, 0.717) is 175 Å². The SMILES string of the molecule is COC[C@H]1C[C@H](OC)CN1C(=O)CCCCC(=O)CCCSSCCOCCOCCC(=O)CC(CCCOC(=O)NCCCCCCNC(=O)CCCOC1OC(CO)C(O)C(O)C1C)(CCCOC(=O)NCCCCCCNC(=O)CCCOC1OC(CO)C(O)C(O)C1C)CCCOC(=O)NCCCCCCNC(=O)CCCOC1OC(CO)C(O)C(O)C1C. The zero-order valence-corrected chi connectivity index (χ0v) is 78.3. The largest absolute Gasteiger partial charge is 0.450 e. The number of aliphatic hydroxyl groups excluding tert-OH is 9. The third-order valence-corrected chi connectivity index (χ3v) is 25.9. The van der Waals surface area contributed by atoms with Gasteiger partial charge in [0.25, 0.3) is 0 Å². The van der Waals surface area contributed by atoms with E-state index in [0.717, 1.165) is 82.1 Å². The number of ether oxygens (including phenoxy) is 13. The van der Waals surface area contributed by atoms with Gasteiger partial charge in [-0.2, -0.15) is 0 Å². The molecule has 744 valence electrons. The number of methoxy groups -OCH3 is 2. The van der Waals surface area contributed by atoms with Crippen molar-refractivity contribution in [3.05, 3.63) is 0 Å². The maximum absolute atomic E-state index is 14.2. The van der Waals surface area contributed by atoms with Gasteiger partial charge < -0.3 is 144 Å². The van der Waals surface area contributed by atoms with E-state index >= 15 is 0 Å². The van der Waals surface area contributed by atoms with Crippen molar-refractivity contribution < 1.29 is 151 Å². The second-order valence-corrected chi connectivity index (χ2v) is 36.5. The van der Waals surface area contributed by atoms with Crippen LogP contribution in [0.3, 0.4) is 0 Å². The summed E-state index contributed by atoms with van der Waals surface area (Å²) in [4.78, 5) is 118. The Bertz CT molecular complexity index is 2780. The molecule has 38 nitrogen and oxygen atoms in total. The Balaban J connectivity index is 1.24. The number of rotatable bonds is 75. The summed E-state index contributed by atoms with van der Waals surface area (Å²) in [6, 6.07) is 0.00769. The first-order valence-corrected chi connectivity index (χ1v) is 49.3. The van der Waals surface area contributed by atoms with E-state index in [4.69, 9.17) is 61.6 Å². The molecule has 4 aliphatic rings. The maximum Gasteiger partial charge on any atom is 0.407 e. The highest BCUT2D eigenvalue weighted by Gasteiger charge is 2.45. The Morgan fingerprint density at radius 2 is 0.750 bits per heavy atom. The molecule has 0 radical (unpaired) electrons. The first kappa shape index (κ1) is 115. The van der Waals surface area contributed by atoms with Gasteiger partial charge in [-0.1, -0.05) is 80.9 Å². The van der Waals surface area contributed by atoms with Crippen molar-refractivity contribution in [1.29, 1.82) is 0 Å². The summed E-state index contributed by atoms with van der Waals surface area (Å²) in [5.74, 6) is -0.298. The quantitative estimate of drug-likeness (QED) is 0.0215. The third kappa shape index (κ3) is 49.3. The minimum atomic E-state index is -1.23. The van der Waals surface area contributed by atoms with Crippen LogP contribution in [0.15, 0.2) is 0 Å². The van der Waals surface area contributed by atoms with Crippen LogP contribution in [0.2, 0.25) is 0 Å². The maximum atomic E-state index is 14.2. The number of amides is 7. The monoisotopic (exact) mass is 1870 g/mol. The summed E-state index contributed by atoms with van der Waals surface area (Å²) in [5.41, 5.74) is -0.718. The van der Waals surface area contributed by atoms with Crippen molar-refractivity contribution >= 4 is 75.1 Å². The number of hydrogen-bond donors (Lipinski definition) is 15. The van der Waals surface area contributed by atoms with Crippen molar-refractivity contribution in [3.8, 4) is 0 Å². The Morgan fingerprint density at radius 3 is 1.13 bits per heavy atom. The predicted octanol–water partition coefficient (Wildman–Crippen LogP) is 5.07. The van der Waals surface area contributed by atoms with Gasteiger partial charge in [0, 0.05) is 141 Å². The second-order valence-electron chi connectivity index (χ2n) is 33.8. The van der Waals surface area contributed by atoms with Crippen LogP contribution in [0.25, 0.3) is 0 Å². The molecule has 0 aliphatic carbocycles. The van der Waals surface area contributed by atoms with Gasteiger partial charge in [-0.3, -0.25) is 28.8 Å². The molecule has 0 bridgehead atoms. The summed E-state index contributed by atoms with van der Waals surface area (Å²) < 4.78 is 73.4. The number of hydrogen-bond acceptors (Lipinski definition) is 33. The number of unbranched alkanes of at least 4 members (excludes halogenated alkanes) is 10. The fourth-order valence-corrected chi connectivity index (χ4v) is 17.6. The van der Waals surface area contributed by atoms with E-state index < -0.39 is 135 Å². The fourth-order valence-electron chi connectivity index (χ4n) is 15.6. The first-order chi connectivity index (χ1) is 61.8. The molecule has 40 heteroatoms. The molecule has 4 rings (SSSR count). The third-order valence-electron chi connectivity index (χ3n) is 23.4. The van der Waals surface area contributed by atoms with Crippen molar-refractivity contribution in [1.82, 2.24) is 36.8 Å². The van der Waals surface area contributed by atoms with E-state index in [2.05, 4.69) is 31.9 Å². The Labute approximate surface area is 764 Å². The molecule has 15 unspecified atom stereocenters. The Kier molecular flexibility index (Phi) is 63.6. The lowest BCUT2D eigenvalue weighted by Gasteiger charge is -2.40. The van der Waals surface area contributed by atoms with Crippen LogP contribution < -0.4 is 31.9 Å². The molecule has 128 heavy (non-hydrogen) atoms. The summed E-state index contributed by atoms with van der Waals surface area (Å²) in [7, 11) is 6.63. The molecule has 7 amide bonds. The van der Waals surface area contributed by atoms with Crippen molar-refractivity contribution in [3.63, 3.8) is 0 Å². The lowest BCUT2D eigenvalue weighted by atomic mass is 9.71. The van der Waals surface area contributed by atoms with Gasteiger partial charge in [0.15, 0.2) is 18.9 Å². The molecule has 4 saturated heterocycles. The highest BCUT2D eigenvalue weighted by Crippen LogP contribution is 2.40. The average Bonchev–Trinajstić information content (AvgIpc) is 1.26. The van der Waals surface area contributed by atoms with Gasteiger partial charge in [-0.05, 0) is 127 Å². The van der Waals surface area contributed by atoms with Crippen molar-refractivity contribution in [2.24, 2.45) is 23.2 Å². The van der Waals surface area contributed by atoms with E-state index in [-0.39, 0.29) is 132 Å². The molecule has 0 aromatic heterocycles. The normalized spacial score (nSPS) is 24.5. The molecule has 0 saturated carbocycles. The van der Waals surface area contributed by atoms with Gasteiger partial charge >= 0.3 is 18.3 Å². The number of alkyl carbamates (subject to hydrolysis) is 3. The Morgan fingerprint density at radius 1 is 0.383 bits per heavy atom. The number of ketones is 2. The second kappa shape index (κ2) is 70.6.